The van der Waals surface area contributed by atoms with Crippen molar-refractivity contribution in [2.75, 3.05) is 38.7 Å². The number of hydrogen-bond donors (Lipinski definition) is 2. The van der Waals surface area contributed by atoms with Gasteiger partial charge in [-0.3, -0.25) is 14.6 Å². The van der Waals surface area contributed by atoms with Crippen LogP contribution < -0.4 is 25.7 Å². The number of piperidine rings is 1. The lowest BCUT2D eigenvalue weighted by atomic mass is 10.3. The first kappa shape index (κ1) is 22.3. The molecule has 35 heavy (non-hydrogen) atoms. The Morgan fingerprint density at radius 2 is 2.06 bits per heavy atom. The fourth-order valence-electron chi connectivity index (χ4n) is 5.19. The summed E-state index contributed by atoms with van der Waals surface area (Å²) in [5, 5.41) is 6.81. The highest BCUT2D eigenvalue weighted by molar-refractivity contribution is 6.31. The van der Waals surface area contributed by atoms with Gasteiger partial charge in [-0.05, 0) is 17.9 Å². The summed E-state index contributed by atoms with van der Waals surface area (Å²) >= 11 is 6.37. The third-order valence-corrected chi connectivity index (χ3v) is 7.42. The van der Waals surface area contributed by atoms with Crippen LogP contribution in [0.1, 0.15) is 5.69 Å². The summed E-state index contributed by atoms with van der Waals surface area (Å²) in [5.74, 6) is 2.47. The zero-order valence-electron chi connectivity index (χ0n) is 19.2. The topological polar surface area (TPSA) is 111 Å². The molecule has 6 rings (SSSR count). The van der Waals surface area contributed by atoms with Crippen molar-refractivity contribution in [1.82, 2.24) is 24.8 Å². The molecule has 182 valence electrons. The van der Waals surface area contributed by atoms with Crippen LogP contribution in [0.3, 0.4) is 0 Å². The molecule has 0 spiro atoms. The van der Waals surface area contributed by atoms with Crippen molar-refractivity contribution in [2.45, 2.75) is 19.1 Å². The predicted molar refractivity (Wildman–Crippen MR) is 130 cm³/mol. The van der Waals surface area contributed by atoms with Crippen molar-refractivity contribution in [3.8, 4) is 11.5 Å². The highest BCUT2D eigenvalue weighted by Crippen LogP contribution is 2.45. The maximum atomic E-state index is 12.5. The van der Waals surface area contributed by atoms with Crippen LogP contribution in [0.5, 0.6) is 11.5 Å². The van der Waals surface area contributed by atoms with Crippen LogP contribution in [0.2, 0.25) is 5.02 Å². The summed E-state index contributed by atoms with van der Waals surface area (Å²) in [7, 11) is 1.59. The van der Waals surface area contributed by atoms with Gasteiger partial charge in [-0.2, -0.15) is 0 Å². The molecular formula is C24H25ClN6O4. The Bertz CT molecular complexity index is 1370. The van der Waals surface area contributed by atoms with Crippen molar-refractivity contribution < 1.29 is 14.3 Å². The minimum atomic E-state index is -0.218. The largest absolute Gasteiger partial charge is 0.495 e. The lowest BCUT2D eigenvalue weighted by Gasteiger charge is -2.21. The molecule has 2 N–H and O–H groups in total. The van der Waals surface area contributed by atoms with Crippen LogP contribution in [-0.2, 0) is 17.9 Å². The number of methoxy groups -OCH3 is 1. The monoisotopic (exact) mass is 496 g/mol. The fourth-order valence-corrected chi connectivity index (χ4v) is 5.40. The van der Waals surface area contributed by atoms with Gasteiger partial charge in [0.05, 0.1) is 35.1 Å². The number of nitrogens with one attached hydrogen (secondary N) is 2. The van der Waals surface area contributed by atoms with E-state index in [1.54, 1.807) is 36.1 Å². The molecule has 0 aromatic carbocycles. The van der Waals surface area contributed by atoms with Crippen LogP contribution in [0.15, 0.2) is 35.3 Å². The molecule has 5 heterocycles. The predicted octanol–water partition coefficient (Wildman–Crippen LogP) is 1.50. The van der Waals surface area contributed by atoms with Crippen LogP contribution in [0.4, 0.5) is 5.82 Å². The first-order valence-electron chi connectivity index (χ1n) is 11.6. The van der Waals surface area contributed by atoms with Crippen molar-refractivity contribution >= 4 is 34.4 Å². The summed E-state index contributed by atoms with van der Waals surface area (Å²) < 4.78 is 12.4. The van der Waals surface area contributed by atoms with Crippen molar-refractivity contribution in [3.05, 3.63) is 51.5 Å². The van der Waals surface area contributed by atoms with E-state index in [0.29, 0.717) is 59.0 Å². The third kappa shape index (κ3) is 4.22. The minimum absolute atomic E-state index is 0.0231. The van der Waals surface area contributed by atoms with Gasteiger partial charge in [0, 0.05) is 57.0 Å². The Labute approximate surface area is 206 Å². The third-order valence-electron chi connectivity index (χ3n) is 7.09. The quantitative estimate of drug-likeness (QED) is 0.506. The van der Waals surface area contributed by atoms with Crippen molar-refractivity contribution in [2.24, 2.45) is 11.8 Å². The highest BCUT2D eigenvalue weighted by Gasteiger charge is 2.55. The number of aromatic nitrogens is 3. The normalized spacial score (nSPS) is 22.9. The maximum absolute atomic E-state index is 12.5. The standard InChI is InChI=1S/C24H25ClN6O4/c1-34-13-6-19-17(26-8-13)2-3-22(33)31(19)5-4-30-10-14-15(11-30)23(14)27-9-18-16(25)7-20-24(28-18)29-21(32)12-35-20/h2-3,6-8,14-15,23,27H,4-5,9-12H2,1H3,(H,28,29,32)/t14-,15+,23+. The molecule has 1 amide bonds. The van der Waals surface area contributed by atoms with Gasteiger partial charge < -0.3 is 29.6 Å². The number of carbonyl (C=O) groups excluding carboxylic acids is 1. The van der Waals surface area contributed by atoms with Gasteiger partial charge in [0.15, 0.2) is 18.2 Å². The van der Waals surface area contributed by atoms with Gasteiger partial charge in [0.25, 0.3) is 11.5 Å². The SMILES string of the molecule is COc1cnc2ccc(=O)n(CCN3C[C@@H]4[C@H](C3)[C@H]4NCc3nc4c(cc3Cl)OCC(=O)N4)c2c1. The van der Waals surface area contributed by atoms with E-state index in [2.05, 4.69) is 25.5 Å². The van der Waals surface area contributed by atoms with E-state index >= 15 is 0 Å². The van der Waals surface area contributed by atoms with E-state index in [1.807, 2.05) is 6.07 Å². The molecule has 2 fully saturated rings. The summed E-state index contributed by atoms with van der Waals surface area (Å²) in [5.41, 5.74) is 2.22. The molecule has 0 radical (unpaired) electrons. The van der Waals surface area contributed by atoms with Crippen molar-refractivity contribution in [3.63, 3.8) is 0 Å². The number of pyridine rings is 3. The number of rotatable bonds is 7. The highest BCUT2D eigenvalue weighted by atomic mass is 35.5. The summed E-state index contributed by atoms with van der Waals surface area (Å²) in [6.45, 7) is 3.88. The molecule has 1 saturated heterocycles. The Hall–Kier alpha value is -3.21. The second kappa shape index (κ2) is 8.78. The number of fused-ring (bicyclic) bond motifs is 3. The molecule has 2 aliphatic heterocycles. The number of amides is 1. The lowest BCUT2D eigenvalue weighted by Crippen LogP contribution is -2.35. The number of likely N-dealkylation sites (tertiary alicyclic amines) is 1. The Kier molecular flexibility index (Phi) is 5.58. The Morgan fingerprint density at radius 3 is 2.86 bits per heavy atom. The van der Waals surface area contributed by atoms with Crippen LogP contribution in [0, 0.1) is 11.8 Å². The van der Waals surface area contributed by atoms with Gasteiger partial charge in [0.2, 0.25) is 0 Å². The van der Waals surface area contributed by atoms with Crippen LogP contribution in [0.25, 0.3) is 11.0 Å². The second-order valence-corrected chi connectivity index (χ2v) is 9.60. The van der Waals surface area contributed by atoms with Crippen LogP contribution >= 0.6 is 11.6 Å². The van der Waals surface area contributed by atoms with E-state index < -0.39 is 0 Å². The molecule has 3 aromatic rings. The summed E-state index contributed by atoms with van der Waals surface area (Å²) in [4.78, 5) is 35.4. The van der Waals surface area contributed by atoms with E-state index in [9.17, 15) is 9.59 Å². The number of ether oxygens (including phenoxy) is 2. The maximum Gasteiger partial charge on any atom is 0.263 e. The summed E-state index contributed by atoms with van der Waals surface area (Å²) in [6, 6.07) is 7.30. The first-order valence-corrected chi connectivity index (χ1v) is 12.0. The smallest absolute Gasteiger partial charge is 0.263 e. The molecule has 3 atom stereocenters. The molecule has 10 nitrogen and oxygen atoms in total. The molecule has 0 bridgehead atoms. The molecule has 3 aromatic heterocycles. The Morgan fingerprint density at radius 1 is 1.23 bits per heavy atom. The zero-order chi connectivity index (χ0) is 24.1. The van der Waals surface area contributed by atoms with Gasteiger partial charge in [-0.15, -0.1) is 0 Å². The number of hydrogen-bond acceptors (Lipinski definition) is 8. The fraction of sp³-hybridized carbons (Fsp3) is 0.417. The van der Waals surface area contributed by atoms with E-state index in [-0.39, 0.29) is 18.1 Å². The molecule has 0 unspecified atom stereocenters. The summed E-state index contributed by atoms with van der Waals surface area (Å²) in [6.07, 6.45) is 1.66. The average molecular weight is 497 g/mol. The van der Waals surface area contributed by atoms with Gasteiger partial charge in [-0.25, -0.2) is 4.98 Å². The van der Waals surface area contributed by atoms with E-state index in [0.717, 1.165) is 30.7 Å². The number of halogens is 1. The molecule has 3 aliphatic rings. The van der Waals surface area contributed by atoms with Gasteiger partial charge in [-0.1, -0.05) is 11.6 Å². The lowest BCUT2D eigenvalue weighted by molar-refractivity contribution is -0.118. The van der Waals surface area contributed by atoms with Crippen molar-refractivity contribution in [1.29, 1.82) is 0 Å². The van der Waals surface area contributed by atoms with Crippen LogP contribution in [-0.4, -0.2) is 64.7 Å². The molecule has 11 heteroatoms. The molecule has 1 aliphatic carbocycles. The number of nitrogens with zero attached hydrogens (tertiary/aromatic N) is 4. The number of carbonyl (C=O) groups is 1. The van der Waals surface area contributed by atoms with Gasteiger partial charge in [0.1, 0.15) is 5.75 Å². The average Bonchev–Trinajstić information content (AvgIpc) is 3.31. The second-order valence-electron chi connectivity index (χ2n) is 9.20. The molecular weight excluding hydrogens is 472 g/mol. The zero-order valence-corrected chi connectivity index (χ0v) is 19.9. The first-order chi connectivity index (χ1) is 17.0. The Balaban J connectivity index is 1.04. The molecule has 1 saturated carbocycles. The minimum Gasteiger partial charge on any atom is -0.495 e. The van der Waals surface area contributed by atoms with E-state index in [1.165, 1.54) is 0 Å². The van der Waals surface area contributed by atoms with E-state index in [4.69, 9.17) is 21.1 Å². The van der Waals surface area contributed by atoms with Gasteiger partial charge >= 0.3 is 0 Å². The number of anilines is 1.